The molecule has 0 aliphatic carbocycles. The molecule has 0 aliphatic rings. The van der Waals surface area contributed by atoms with E-state index in [0.29, 0.717) is 17.2 Å². The zero-order valence-corrected chi connectivity index (χ0v) is 17.5. The molecule has 0 aliphatic heterocycles. The number of aromatic nitrogens is 2. The van der Waals surface area contributed by atoms with E-state index in [9.17, 15) is 4.79 Å². The maximum Gasteiger partial charge on any atom is 0.260 e. The molecule has 0 bridgehead atoms. The first-order valence-electron chi connectivity index (χ1n) is 9.37. The molecule has 0 radical (unpaired) electrons. The van der Waals surface area contributed by atoms with Crippen molar-refractivity contribution in [1.82, 2.24) is 9.97 Å². The lowest BCUT2D eigenvalue weighted by Crippen LogP contribution is -2.30. The number of carbonyl (C=O) groups is 1. The number of pyridine rings is 1. The van der Waals surface area contributed by atoms with E-state index in [-0.39, 0.29) is 5.91 Å². The highest BCUT2D eigenvalue weighted by Gasteiger charge is 2.22. The highest BCUT2D eigenvalue weighted by Crippen LogP contribution is 2.32. The molecule has 0 unspecified atom stereocenters. The summed E-state index contributed by atoms with van der Waals surface area (Å²) >= 11 is 1.54. The number of thiazole rings is 1. The molecule has 0 N–H and O–H groups in total. The van der Waals surface area contributed by atoms with Gasteiger partial charge in [0.2, 0.25) is 0 Å². The van der Waals surface area contributed by atoms with Gasteiger partial charge in [0.05, 0.1) is 16.8 Å². The maximum atomic E-state index is 13.5. The van der Waals surface area contributed by atoms with Gasteiger partial charge in [0.1, 0.15) is 0 Å². The smallest absolute Gasteiger partial charge is 0.260 e. The molecule has 2 aromatic heterocycles. The van der Waals surface area contributed by atoms with Crippen LogP contribution in [0, 0.1) is 6.92 Å². The Hall–Kier alpha value is -3.25. The van der Waals surface area contributed by atoms with Crippen LogP contribution >= 0.6 is 11.3 Å². The number of para-hydroxylation sites is 1. The van der Waals surface area contributed by atoms with Crippen LogP contribution in [0.15, 0.2) is 67.0 Å². The summed E-state index contributed by atoms with van der Waals surface area (Å²) in [4.78, 5) is 26.2. The van der Waals surface area contributed by atoms with Crippen LogP contribution in [0.1, 0.15) is 21.5 Å². The van der Waals surface area contributed by atoms with Crippen molar-refractivity contribution in [2.75, 3.05) is 23.9 Å². The maximum absolute atomic E-state index is 13.5. The van der Waals surface area contributed by atoms with Crippen molar-refractivity contribution in [1.29, 1.82) is 0 Å². The lowest BCUT2D eigenvalue weighted by molar-refractivity contribution is 0.0985. The lowest BCUT2D eigenvalue weighted by Gasteiger charge is -2.20. The number of hydrogen-bond donors (Lipinski definition) is 0. The predicted molar refractivity (Wildman–Crippen MR) is 120 cm³/mol. The van der Waals surface area contributed by atoms with Gasteiger partial charge in [-0.05, 0) is 54.4 Å². The summed E-state index contributed by atoms with van der Waals surface area (Å²) in [6.45, 7) is 2.46. The summed E-state index contributed by atoms with van der Waals surface area (Å²) < 4.78 is 1.08. The molecular formula is C23H22N4OS. The topological polar surface area (TPSA) is 49.3 Å². The molecule has 0 spiro atoms. The largest absolute Gasteiger partial charge is 0.378 e. The molecule has 4 rings (SSSR count). The third-order valence-electron chi connectivity index (χ3n) is 4.78. The molecular weight excluding hydrogens is 380 g/mol. The Balaban J connectivity index is 1.74. The van der Waals surface area contributed by atoms with E-state index in [1.54, 1.807) is 17.3 Å². The van der Waals surface area contributed by atoms with Crippen LogP contribution in [0.3, 0.4) is 0 Å². The summed E-state index contributed by atoms with van der Waals surface area (Å²) in [6.07, 6.45) is 3.52. The van der Waals surface area contributed by atoms with E-state index < -0.39 is 0 Å². The number of amides is 1. The van der Waals surface area contributed by atoms with Crippen molar-refractivity contribution in [3.63, 3.8) is 0 Å². The molecule has 0 fully saturated rings. The van der Waals surface area contributed by atoms with Crippen LogP contribution in [-0.2, 0) is 6.54 Å². The number of carbonyl (C=O) groups excluding carboxylic acids is 1. The molecule has 0 saturated heterocycles. The lowest BCUT2D eigenvalue weighted by atomic mass is 10.1. The first-order chi connectivity index (χ1) is 14.0. The van der Waals surface area contributed by atoms with E-state index in [4.69, 9.17) is 4.98 Å². The second kappa shape index (κ2) is 8.01. The van der Waals surface area contributed by atoms with Crippen molar-refractivity contribution in [2.45, 2.75) is 13.5 Å². The molecule has 0 saturated carbocycles. The molecule has 2 heterocycles. The van der Waals surface area contributed by atoms with E-state index in [1.807, 2.05) is 80.5 Å². The van der Waals surface area contributed by atoms with Gasteiger partial charge in [-0.25, -0.2) is 4.98 Å². The van der Waals surface area contributed by atoms with E-state index in [0.717, 1.165) is 27.0 Å². The highest BCUT2D eigenvalue weighted by molar-refractivity contribution is 7.22. The highest BCUT2D eigenvalue weighted by atomic mass is 32.1. The monoisotopic (exact) mass is 402 g/mol. The van der Waals surface area contributed by atoms with Crippen LogP contribution in [0.2, 0.25) is 0 Å². The van der Waals surface area contributed by atoms with Crippen LogP contribution in [0.25, 0.3) is 10.2 Å². The zero-order chi connectivity index (χ0) is 20.4. The van der Waals surface area contributed by atoms with Crippen LogP contribution in [0.5, 0.6) is 0 Å². The number of hydrogen-bond acceptors (Lipinski definition) is 5. The summed E-state index contributed by atoms with van der Waals surface area (Å²) in [5.74, 6) is -0.0733. The Morgan fingerprint density at radius 1 is 1.03 bits per heavy atom. The van der Waals surface area contributed by atoms with Crippen LogP contribution in [-0.4, -0.2) is 30.0 Å². The van der Waals surface area contributed by atoms with Crippen molar-refractivity contribution in [3.05, 3.63) is 83.7 Å². The molecule has 0 atom stereocenters. The minimum absolute atomic E-state index is 0.0733. The second-order valence-corrected chi connectivity index (χ2v) is 8.12. The van der Waals surface area contributed by atoms with Gasteiger partial charge in [0.15, 0.2) is 5.13 Å². The number of anilines is 2. The second-order valence-electron chi connectivity index (χ2n) is 7.11. The third kappa shape index (κ3) is 3.98. The average Bonchev–Trinajstić information content (AvgIpc) is 3.18. The Kier molecular flexibility index (Phi) is 5.27. The van der Waals surface area contributed by atoms with Crippen molar-refractivity contribution in [3.8, 4) is 0 Å². The Labute approximate surface area is 174 Å². The van der Waals surface area contributed by atoms with Gasteiger partial charge in [-0.1, -0.05) is 29.5 Å². The summed E-state index contributed by atoms with van der Waals surface area (Å²) in [7, 11) is 3.96. The summed E-state index contributed by atoms with van der Waals surface area (Å²) in [5.41, 5.74) is 4.70. The van der Waals surface area contributed by atoms with Crippen molar-refractivity contribution >= 4 is 38.3 Å². The number of fused-ring (bicyclic) bond motifs is 1. The minimum atomic E-state index is -0.0733. The van der Waals surface area contributed by atoms with E-state index in [2.05, 4.69) is 4.98 Å². The van der Waals surface area contributed by atoms with Gasteiger partial charge in [-0.3, -0.25) is 14.7 Å². The fourth-order valence-corrected chi connectivity index (χ4v) is 4.19. The third-order valence-corrected chi connectivity index (χ3v) is 5.82. The normalized spacial score (nSPS) is 10.9. The quantitative estimate of drug-likeness (QED) is 0.476. The first kappa shape index (κ1) is 19.1. The zero-order valence-electron chi connectivity index (χ0n) is 16.7. The molecule has 2 aromatic carbocycles. The number of aryl methyl sites for hydroxylation is 1. The fraction of sp³-hybridized carbons (Fsp3) is 0.174. The molecule has 29 heavy (non-hydrogen) atoms. The van der Waals surface area contributed by atoms with Gasteiger partial charge < -0.3 is 4.90 Å². The summed E-state index contributed by atoms with van der Waals surface area (Å²) in [5, 5.41) is 0.694. The van der Waals surface area contributed by atoms with Gasteiger partial charge in [-0.2, -0.15) is 0 Å². The van der Waals surface area contributed by atoms with Crippen molar-refractivity contribution in [2.24, 2.45) is 0 Å². The number of benzene rings is 2. The van der Waals surface area contributed by atoms with Crippen molar-refractivity contribution < 1.29 is 4.79 Å². The summed E-state index contributed by atoms with van der Waals surface area (Å²) in [6, 6.07) is 17.6. The van der Waals surface area contributed by atoms with Gasteiger partial charge in [0.25, 0.3) is 5.91 Å². The van der Waals surface area contributed by atoms with Gasteiger partial charge in [0, 0.05) is 37.7 Å². The first-order valence-corrected chi connectivity index (χ1v) is 10.2. The molecule has 5 nitrogen and oxygen atoms in total. The Bertz CT molecular complexity index is 1140. The van der Waals surface area contributed by atoms with Crippen LogP contribution < -0.4 is 9.80 Å². The Morgan fingerprint density at radius 3 is 2.48 bits per heavy atom. The molecule has 6 heteroatoms. The Morgan fingerprint density at radius 2 is 1.83 bits per heavy atom. The molecule has 4 aromatic rings. The SMILES string of the molecule is Cc1cccc2sc(N(Cc3cccnc3)C(=O)c3ccc(N(C)C)cc3)nc12. The van der Waals surface area contributed by atoms with E-state index in [1.165, 1.54) is 11.3 Å². The predicted octanol–water partition coefficient (Wildman–Crippen LogP) is 4.91. The van der Waals surface area contributed by atoms with E-state index >= 15 is 0 Å². The van der Waals surface area contributed by atoms with Gasteiger partial charge in [-0.15, -0.1) is 0 Å². The molecule has 146 valence electrons. The number of rotatable bonds is 5. The fourth-order valence-electron chi connectivity index (χ4n) is 3.15. The minimum Gasteiger partial charge on any atom is -0.378 e. The van der Waals surface area contributed by atoms with Gasteiger partial charge >= 0.3 is 0 Å². The average molecular weight is 403 g/mol. The number of nitrogens with zero attached hydrogens (tertiary/aromatic N) is 4. The standard InChI is InChI=1S/C23H22N4OS/c1-16-6-4-8-20-21(16)25-23(29-20)27(15-17-7-5-13-24-14-17)22(28)18-9-11-19(12-10-18)26(2)3/h4-14H,15H2,1-3H3. The van der Waals surface area contributed by atoms with Crippen LogP contribution in [0.4, 0.5) is 10.8 Å². The molecule has 1 amide bonds.